The van der Waals surface area contributed by atoms with Gasteiger partial charge in [0.05, 0.1) is 12.5 Å². The minimum atomic E-state index is 0.392. The van der Waals surface area contributed by atoms with Gasteiger partial charge in [-0.05, 0) is 11.8 Å². The number of anilines is 1. The summed E-state index contributed by atoms with van der Waals surface area (Å²) in [5, 5.41) is 8.73. The predicted molar refractivity (Wildman–Crippen MR) is 73.4 cm³/mol. The first-order valence-corrected chi connectivity index (χ1v) is 6.48. The van der Waals surface area contributed by atoms with Crippen LogP contribution in [0.5, 0.6) is 0 Å². The maximum Gasteiger partial charge on any atom is 0.132 e. The van der Waals surface area contributed by atoms with E-state index in [1.807, 2.05) is 6.07 Å². The molecule has 4 heteroatoms. The average molecular weight is 246 g/mol. The summed E-state index contributed by atoms with van der Waals surface area (Å²) in [7, 11) is 0. The first-order chi connectivity index (χ1) is 8.54. The van der Waals surface area contributed by atoms with Gasteiger partial charge < -0.3 is 4.90 Å². The van der Waals surface area contributed by atoms with Gasteiger partial charge in [-0.3, -0.25) is 0 Å². The van der Waals surface area contributed by atoms with Gasteiger partial charge in [-0.2, -0.15) is 5.26 Å². The quantitative estimate of drug-likeness (QED) is 0.774. The van der Waals surface area contributed by atoms with Crippen LogP contribution < -0.4 is 4.90 Å². The summed E-state index contributed by atoms with van der Waals surface area (Å²) >= 11 is 0. The van der Waals surface area contributed by atoms with Gasteiger partial charge in [0.15, 0.2) is 0 Å². The number of rotatable bonds is 6. The molecule has 0 aliphatic heterocycles. The molecule has 1 aromatic rings. The largest absolute Gasteiger partial charge is 0.355 e. The van der Waals surface area contributed by atoms with Gasteiger partial charge >= 0.3 is 0 Å². The van der Waals surface area contributed by atoms with Gasteiger partial charge in [-0.15, -0.1) is 0 Å². The topological polar surface area (TPSA) is 52.8 Å². The Bertz CT molecular complexity index is 407. The van der Waals surface area contributed by atoms with Gasteiger partial charge in [-0.25, -0.2) is 9.97 Å². The fraction of sp³-hybridized carbons (Fsp3) is 0.643. The number of aromatic nitrogens is 2. The molecule has 0 fully saturated rings. The van der Waals surface area contributed by atoms with Crippen molar-refractivity contribution >= 4 is 5.82 Å². The van der Waals surface area contributed by atoms with Crippen LogP contribution in [-0.2, 0) is 0 Å². The van der Waals surface area contributed by atoms with E-state index < -0.39 is 0 Å². The summed E-state index contributed by atoms with van der Waals surface area (Å²) in [4.78, 5) is 10.8. The monoisotopic (exact) mass is 246 g/mol. The predicted octanol–water partition coefficient (Wildman–Crippen LogP) is 2.98. The van der Waals surface area contributed by atoms with Crippen molar-refractivity contribution in [3.8, 4) is 6.07 Å². The molecule has 0 aliphatic rings. The zero-order chi connectivity index (χ0) is 13.5. The lowest BCUT2D eigenvalue weighted by Gasteiger charge is -2.25. The SMILES string of the molecule is CC(C)CN(CCC#N)c1cc(C(C)C)ncn1. The molecule has 98 valence electrons. The number of hydrogen-bond donors (Lipinski definition) is 0. The highest BCUT2D eigenvalue weighted by molar-refractivity contribution is 5.39. The van der Waals surface area contributed by atoms with E-state index in [4.69, 9.17) is 5.26 Å². The van der Waals surface area contributed by atoms with Crippen LogP contribution in [0.4, 0.5) is 5.82 Å². The number of hydrogen-bond acceptors (Lipinski definition) is 4. The molecule has 18 heavy (non-hydrogen) atoms. The molecular formula is C14H22N4. The lowest BCUT2D eigenvalue weighted by molar-refractivity contribution is 0.606. The van der Waals surface area contributed by atoms with Gasteiger partial charge in [0, 0.05) is 24.8 Å². The summed E-state index contributed by atoms with van der Waals surface area (Å²) in [5.41, 5.74) is 1.05. The van der Waals surface area contributed by atoms with Crippen LogP contribution in [-0.4, -0.2) is 23.1 Å². The molecule has 0 spiro atoms. The molecule has 0 aliphatic carbocycles. The van der Waals surface area contributed by atoms with Crippen LogP contribution in [0.1, 0.15) is 45.7 Å². The molecule has 0 saturated heterocycles. The molecule has 0 atom stereocenters. The van der Waals surface area contributed by atoms with Crippen molar-refractivity contribution < 1.29 is 0 Å². The Kier molecular flexibility index (Phi) is 5.57. The van der Waals surface area contributed by atoms with Gasteiger partial charge in [0.25, 0.3) is 0 Å². The second-order valence-electron chi connectivity index (χ2n) is 5.20. The highest BCUT2D eigenvalue weighted by atomic mass is 15.2. The summed E-state index contributed by atoms with van der Waals surface area (Å²) in [5.74, 6) is 1.86. The van der Waals surface area contributed by atoms with Crippen LogP contribution in [0, 0.1) is 17.2 Å². The molecule has 0 bridgehead atoms. The molecule has 1 heterocycles. The minimum Gasteiger partial charge on any atom is -0.355 e. The van der Waals surface area contributed by atoms with Crippen LogP contribution in [0.3, 0.4) is 0 Å². The van der Waals surface area contributed by atoms with Crippen LogP contribution in [0.2, 0.25) is 0 Å². The molecule has 4 nitrogen and oxygen atoms in total. The standard InChI is InChI=1S/C14H22N4/c1-11(2)9-18(7-5-6-15)14-8-13(12(3)4)16-10-17-14/h8,10-12H,5,7,9H2,1-4H3. The van der Waals surface area contributed by atoms with Crippen LogP contribution in [0.25, 0.3) is 0 Å². The van der Waals surface area contributed by atoms with Crippen molar-refractivity contribution in [2.75, 3.05) is 18.0 Å². The Morgan fingerprint density at radius 3 is 2.56 bits per heavy atom. The second-order valence-corrected chi connectivity index (χ2v) is 5.20. The lowest BCUT2D eigenvalue weighted by Crippen LogP contribution is -2.29. The van der Waals surface area contributed by atoms with E-state index in [1.54, 1.807) is 6.33 Å². The fourth-order valence-electron chi connectivity index (χ4n) is 1.78. The van der Waals surface area contributed by atoms with Crippen molar-refractivity contribution in [3.05, 3.63) is 18.1 Å². The number of nitriles is 1. The summed E-state index contributed by atoms with van der Waals surface area (Å²) in [6.07, 6.45) is 2.14. The molecule has 1 rings (SSSR count). The maximum absolute atomic E-state index is 8.73. The summed E-state index contributed by atoms with van der Waals surface area (Å²) < 4.78 is 0. The van der Waals surface area contributed by atoms with Gasteiger partial charge in [-0.1, -0.05) is 27.7 Å². The molecule has 0 saturated carbocycles. The molecule has 0 aromatic carbocycles. The second kappa shape index (κ2) is 6.95. The van der Waals surface area contributed by atoms with E-state index in [2.05, 4.69) is 48.6 Å². The average Bonchev–Trinajstić information content (AvgIpc) is 2.34. The minimum absolute atomic E-state index is 0.392. The normalized spacial score (nSPS) is 10.7. The molecule has 0 unspecified atom stereocenters. The van der Waals surface area contributed by atoms with Crippen molar-refractivity contribution in [1.29, 1.82) is 5.26 Å². The molecule has 1 aromatic heterocycles. The molecular weight excluding hydrogens is 224 g/mol. The third-order valence-electron chi connectivity index (χ3n) is 2.67. The summed E-state index contributed by atoms with van der Waals surface area (Å²) in [6, 6.07) is 4.23. The van der Waals surface area contributed by atoms with Crippen molar-refractivity contribution in [2.45, 2.75) is 40.0 Å². The first kappa shape index (κ1) is 14.4. The Balaban J connectivity index is 2.89. The van der Waals surface area contributed by atoms with Crippen LogP contribution in [0.15, 0.2) is 12.4 Å². The highest BCUT2D eigenvalue weighted by Crippen LogP contribution is 2.18. The van der Waals surface area contributed by atoms with E-state index >= 15 is 0 Å². The Morgan fingerprint density at radius 1 is 1.28 bits per heavy atom. The smallest absolute Gasteiger partial charge is 0.132 e. The van der Waals surface area contributed by atoms with Crippen molar-refractivity contribution in [2.24, 2.45) is 5.92 Å². The van der Waals surface area contributed by atoms with Gasteiger partial charge in [0.1, 0.15) is 12.1 Å². The maximum atomic E-state index is 8.73. The fourth-order valence-corrected chi connectivity index (χ4v) is 1.78. The Hall–Kier alpha value is -1.63. The van der Waals surface area contributed by atoms with Gasteiger partial charge in [0.2, 0.25) is 0 Å². The van der Waals surface area contributed by atoms with E-state index in [9.17, 15) is 0 Å². The van der Waals surface area contributed by atoms with E-state index in [0.29, 0.717) is 18.3 Å². The molecule has 0 radical (unpaired) electrons. The Labute approximate surface area is 110 Å². The third-order valence-corrected chi connectivity index (χ3v) is 2.67. The van der Waals surface area contributed by atoms with Crippen molar-refractivity contribution in [1.82, 2.24) is 9.97 Å². The summed E-state index contributed by atoms with van der Waals surface area (Å²) in [6.45, 7) is 10.2. The van der Waals surface area contributed by atoms with Crippen LogP contribution >= 0.6 is 0 Å². The van der Waals surface area contributed by atoms with E-state index in [1.165, 1.54) is 0 Å². The molecule has 0 amide bonds. The zero-order valence-electron chi connectivity index (χ0n) is 11.7. The zero-order valence-corrected chi connectivity index (χ0v) is 11.7. The van der Waals surface area contributed by atoms with Crippen molar-refractivity contribution in [3.63, 3.8) is 0 Å². The third kappa shape index (κ3) is 4.33. The number of nitrogens with zero attached hydrogens (tertiary/aromatic N) is 4. The highest BCUT2D eigenvalue weighted by Gasteiger charge is 2.11. The first-order valence-electron chi connectivity index (χ1n) is 6.48. The molecule has 0 N–H and O–H groups in total. The van der Waals surface area contributed by atoms with E-state index in [0.717, 1.165) is 24.6 Å². The van der Waals surface area contributed by atoms with E-state index in [-0.39, 0.29) is 0 Å². The lowest BCUT2D eigenvalue weighted by atomic mass is 10.1. The Morgan fingerprint density at radius 2 is 2.00 bits per heavy atom.